The van der Waals surface area contributed by atoms with Gasteiger partial charge in [0.25, 0.3) is 0 Å². The van der Waals surface area contributed by atoms with Gasteiger partial charge in [0.2, 0.25) is 0 Å². The molecule has 0 saturated carbocycles. The molecule has 1 aromatic carbocycles. The summed E-state index contributed by atoms with van der Waals surface area (Å²) in [5.41, 5.74) is 2.85. The van der Waals surface area contributed by atoms with Crippen molar-refractivity contribution in [1.82, 2.24) is 4.98 Å². The third-order valence-electron chi connectivity index (χ3n) is 2.84. The van der Waals surface area contributed by atoms with Gasteiger partial charge in [0.1, 0.15) is 11.5 Å². The molecule has 0 atom stereocenters. The highest BCUT2D eigenvalue weighted by Crippen LogP contribution is 2.28. The van der Waals surface area contributed by atoms with Gasteiger partial charge in [-0.3, -0.25) is 4.98 Å². The molecule has 1 N–H and O–H groups in total. The molecule has 0 spiro atoms. The van der Waals surface area contributed by atoms with E-state index in [1.807, 2.05) is 37.3 Å². The summed E-state index contributed by atoms with van der Waals surface area (Å²) in [5.74, 6) is 1.62. The summed E-state index contributed by atoms with van der Waals surface area (Å²) >= 11 is 3.43. The smallest absolute Gasteiger partial charge is 0.135 e. The Morgan fingerprint density at radius 2 is 1.95 bits per heavy atom. The highest BCUT2D eigenvalue weighted by molar-refractivity contribution is 9.10. The Balaban J connectivity index is 2.10. The van der Waals surface area contributed by atoms with Crippen molar-refractivity contribution in [3.63, 3.8) is 0 Å². The lowest BCUT2D eigenvalue weighted by atomic mass is 10.2. The van der Waals surface area contributed by atoms with E-state index >= 15 is 0 Å². The van der Waals surface area contributed by atoms with Gasteiger partial charge < -0.3 is 14.8 Å². The van der Waals surface area contributed by atoms with Crippen molar-refractivity contribution in [3.05, 3.63) is 46.2 Å². The summed E-state index contributed by atoms with van der Waals surface area (Å²) in [6.45, 7) is 2.58. The summed E-state index contributed by atoms with van der Waals surface area (Å²) in [6.07, 6.45) is 0. The number of hydrogen-bond donors (Lipinski definition) is 1. The standard InChI is InChI=1S/C15H17BrN2O2/c1-10-6-13(19-2)7-12(18-10)9-17-11-4-5-14(16)15(8-11)20-3/h4-8,17H,9H2,1-3H3. The van der Waals surface area contributed by atoms with E-state index in [4.69, 9.17) is 9.47 Å². The Morgan fingerprint density at radius 3 is 2.65 bits per heavy atom. The van der Waals surface area contributed by atoms with E-state index < -0.39 is 0 Å². The minimum Gasteiger partial charge on any atom is -0.497 e. The number of anilines is 1. The molecule has 0 fully saturated rings. The number of aryl methyl sites for hydroxylation is 1. The molecule has 20 heavy (non-hydrogen) atoms. The number of nitrogens with zero attached hydrogens (tertiary/aromatic N) is 1. The van der Waals surface area contributed by atoms with Crippen LogP contribution in [0.3, 0.4) is 0 Å². The highest BCUT2D eigenvalue weighted by atomic mass is 79.9. The van der Waals surface area contributed by atoms with Crippen LogP contribution in [0.1, 0.15) is 11.4 Å². The molecular weight excluding hydrogens is 320 g/mol. The zero-order chi connectivity index (χ0) is 14.5. The summed E-state index contributed by atoms with van der Waals surface area (Å²) in [4.78, 5) is 4.47. The first-order valence-corrected chi connectivity index (χ1v) is 7.00. The number of benzene rings is 1. The van der Waals surface area contributed by atoms with Gasteiger partial charge in [0.15, 0.2) is 0 Å². The van der Waals surface area contributed by atoms with E-state index in [-0.39, 0.29) is 0 Å². The van der Waals surface area contributed by atoms with Gasteiger partial charge >= 0.3 is 0 Å². The minimum atomic E-state index is 0.628. The molecule has 1 aromatic heterocycles. The molecule has 1 heterocycles. The molecule has 0 aliphatic heterocycles. The highest BCUT2D eigenvalue weighted by Gasteiger charge is 2.03. The van der Waals surface area contributed by atoms with E-state index in [1.165, 1.54) is 0 Å². The van der Waals surface area contributed by atoms with Crippen molar-refractivity contribution in [2.45, 2.75) is 13.5 Å². The van der Waals surface area contributed by atoms with E-state index in [1.54, 1.807) is 14.2 Å². The van der Waals surface area contributed by atoms with Crippen LogP contribution in [-0.2, 0) is 6.54 Å². The SMILES string of the molecule is COc1cc(C)nc(CNc2ccc(Br)c(OC)c2)c1. The fraction of sp³-hybridized carbons (Fsp3) is 0.267. The first-order chi connectivity index (χ1) is 9.62. The summed E-state index contributed by atoms with van der Waals surface area (Å²) in [5, 5.41) is 3.32. The van der Waals surface area contributed by atoms with Gasteiger partial charge in [0, 0.05) is 29.6 Å². The van der Waals surface area contributed by atoms with Crippen LogP contribution in [0.5, 0.6) is 11.5 Å². The van der Waals surface area contributed by atoms with Gasteiger partial charge in [-0.25, -0.2) is 0 Å². The topological polar surface area (TPSA) is 43.4 Å². The van der Waals surface area contributed by atoms with Crippen LogP contribution in [0, 0.1) is 6.92 Å². The number of aromatic nitrogens is 1. The van der Waals surface area contributed by atoms with Crippen LogP contribution >= 0.6 is 15.9 Å². The van der Waals surface area contributed by atoms with E-state index in [0.29, 0.717) is 6.54 Å². The molecule has 0 amide bonds. The van der Waals surface area contributed by atoms with Crippen LogP contribution in [0.25, 0.3) is 0 Å². The van der Waals surface area contributed by atoms with Gasteiger partial charge in [-0.2, -0.15) is 0 Å². The number of nitrogens with one attached hydrogen (secondary N) is 1. The molecule has 2 aromatic rings. The van der Waals surface area contributed by atoms with Crippen molar-refractivity contribution >= 4 is 21.6 Å². The lowest BCUT2D eigenvalue weighted by Gasteiger charge is -2.10. The lowest BCUT2D eigenvalue weighted by Crippen LogP contribution is -2.03. The van der Waals surface area contributed by atoms with Crippen molar-refractivity contribution < 1.29 is 9.47 Å². The van der Waals surface area contributed by atoms with Gasteiger partial charge in [-0.15, -0.1) is 0 Å². The number of halogens is 1. The van der Waals surface area contributed by atoms with Crippen molar-refractivity contribution in [1.29, 1.82) is 0 Å². The number of ether oxygens (including phenoxy) is 2. The Morgan fingerprint density at radius 1 is 1.15 bits per heavy atom. The molecule has 2 rings (SSSR count). The Bertz CT molecular complexity index is 602. The fourth-order valence-corrected chi connectivity index (χ4v) is 2.28. The van der Waals surface area contributed by atoms with Crippen LogP contribution in [0.2, 0.25) is 0 Å². The molecule has 4 nitrogen and oxygen atoms in total. The maximum absolute atomic E-state index is 5.27. The largest absolute Gasteiger partial charge is 0.497 e. The molecule has 0 radical (unpaired) electrons. The first kappa shape index (κ1) is 14.7. The van der Waals surface area contributed by atoms with E-state index in [0.717, 1.165) is 33.0 Å². The molecule has 0 aliphatic carbocycles. The predicted octanol–water partition coefficient (Wildman–Crippen LogP) is 3.78. The van der Waals surface area contributed by atoms with Crippen LogP contribution in [0.15, 0.2) is 34.8 Å². The molecular formula is C15H17BrN2O2. The maximum Gasteiger partial charge on any atom is 0.135 e. The second-order valence-corrected chi connectivity index (χ2v) is 5.20. The van der Waals surface area contributed by atoms with Crippen molar-refractivity contribution in [3.8, 4) is 11.5 Å². The number of methoxy groups -OCH3 is 2. The molecule has 106 valence electrons. The summed E-state index contributed by atoms with van der Waals surface area (Å²) in [6, 6.07) is 9.71. The van der Waals surface area contributed by atoms with Crippen LogP contribution in [-0.4, -0.2) is 19.2 Å². The number of pyridine rings is 1. The lowest BCUT2D eigenvalue weighted by molar-refractivity contribution is 0.412. The average Bonchev–Trinajstić information content (AvgIpc) is 2.45. The zero-order valence-electron chi connectivity index (χ0n) is 11.7. The van der Waals surface area contributed by atoms with Gasteiger partial charge in [-0.05, 0) is 35.0 Å². The number of hydrogen-bond acceptors (Lipinski definition) is 4. The minimum absolute atomic E-state index is 0.628. The normalized spacial score (nSPS) is 10.2. The molecule has 0 saturated heterocycles. The van der Waals surface area contributed by atoms with Crippen molar-refractivity contribution in [2.75, 3.05) is 19.5 Å². The van der Waals surface area contributed by atoms with E-state index in [2.05, 4.69) is 26.2 Å². The van der Waals surface area contributed by atoms with E-state index in [9.17, 15) is 0 Å². The van der Waals surface area contributed by atoms with Gasteiger partial charge in [-0.1, -0.05) is 0 Å². The third kappa shape index (κ3) is 3.63. The second kappa shape index (κ2) is 6.61. The fourth-order valence-electron chi connectivity index (χ4n) is 1.87. The molecule has 0 bridgehead atoms. The third-order valence-corrected chi connectivity index (χ3v) is 3.50. The zero-order valence-corrected chi connectivity index (χ0v) is 13.3. The average molecular weight is 337 g/mol. The Labute approximate surface area is 127 Å². The summed E-state index contributed by atoms with van der Waals surface area (Å²) < 4.78 is 11.4. The number of rotatable bonds is 5. The van der Waals surface area contributed by atoms with Crippen LogP contribution < -0.4 is 14.8 Å². The van der Waals surface area contributed by atoms with Crippen LogP contribution in [0.4, 0.5) is 5.69 Å². The summed E-state index contributed by atoms with van der Waals surface area (Å²) in [7, 11) is 3.31. The molecule has 5 heteroatoms. The first-order valence-electron chi connectivity index (χ1n) is 6.21. The van der Waals surface area contributed by atoms with Crippen molar-refractivity contribution in [2.24, 2.45) is 0 Å². The molecule has 0 aliphatic rings. The predicted molar refractivity (Wildman–Crippen MR) is 83.5 cm³/mol. The van der Waals surface area contributed by atoms with Gasteiger partial charge in [0.05, 0.1) is 30.9 Å². The molecule has 0 unspecified atom stereocenters. The maximum atomic E-state index is 5.27. The quantitative estimate of drug-likeness (QED) is 0.902. The Hall–Kier alpha value is -1.75. The monoisotopic (exact) mass is 336 g/mol. The second-order valence-electron chi connectivity index (χ2n) is 4.34. The Kier molecular flexibility index (Phi) is 4.84.